The van der Waals surface area contributed by atoms with Crippen LogP contribution in [-0.2, 0) is 9.59 Å². The van der Waals surface area contributed by atoms with Gasteiger partial charge < -0.3 is 30.2 Å². The minimum Gasteiger partial charge on any atom is -0.496 e. The molecule has 1 saturated heterocycles. The lowest BCUT2D eigenvalue weighted by Crippen LogP contribution is -2.42. The summed E-state index contributed by atoms with van der Waals surface area (Å²) in [5, 5.41) is 18.5. The predicted molar refractivity (Wildman–Crippen MR) is 134 cm³/mol. The highest BCUT2D eigenvalue weighted by Crippen LogP contribution is 2.43. The summed E-state index contributed by atoms with van der Waals surface area (Å²) in [5.41, 5.74) is 4.74. The highest BCUT2D eigenvalue weighted by atomic mass is 35.5. The number of ether oxygens (including phenoxy) is 1. The van der Waals surface area contributed by atoms with E-state index in [-0.39, 0.29) is 6.04 Å². The lowest BCUT2D eigenvalue weighted by atomic mass is 9.85. The molecule has 18 heteroatoms. The number of alkyl halides is 6. The molecular weight excluding hydrogens is 590 g/mol. The Morgan fingerprint density at radius 1 is 1.12 bits per heavy atom. The molecule has 4 N–H and O–H groups in total. The number of nitrogens with one attached hydrogen (secondary N) is 2. The van der Waals surface area contributed by atoms with Crippen LogP contribution in [0.25, 0.3) is 11.2 Å². The van der Waals surface area contributed by atoms with Gasteiger partial charge in [-0.2, -0.15) is 26.3 Å². The summed E-state index contributed by atoms with van der Waals surface area (Å²) < 4.78 is 69.3. The number of anilines is 1. The summed E-state index contributed by atoms with van der Waals surface area (Å²) in [6.07, 6.45) is -7.04. The maximum Gasteiger partial charge on any atom is 0.490 e. The van der Waals surface area contributed by atoms with Gasteiger partial charge in [0.15, 0.2) is 11.5 Å². The van der Waals surface area contributed by atoms with Crippen LogP contribution in [0.2, 0.25) is 5.02 Å². The van der Waals surface area contributed by atoms with Gasteiger partial charge in [0.2, 0.25) is 0 Å². The van der Waals surface area contributed by atoms with Gasteiger partial charge in [-0.3, -0.25) is 0 Å². The van der Waals surface area contributed by atoms with Gasteiger partial charge >= 0.3 is 24.3 Å². The lowest BCUT2D eigenvalue weighted by Gasteiger charge is -2.38. The number of halogens is 7. The molecule has 0 spiro atoms. The quantitative estimate of drug-likeness (QED) is 0.295. The molecule has 0 radical (unpaired) electrons. The van der Waals surface area contributed by atoms with Crippen LogP contribution < -0.4 is 10.1 Å². The van der Waals surface area contributed by atoms with Crippen molar-refractivity contribution in [2.75, 3.05) is 32.6 Å². The minimum atomic E-state index is -5.08. The van der Waals surface area contributed by atoms with Gasteiger partial charge in [0.25, 0.3) is 0 Å². The highest BCUT2D eigenvalue weighted by molar-refractivity contribution is 6.31. The number of imidazole rings is 1. The fourth-order valence-corrected chi connectivity index (χ4v) is 4.06. The number of aromatic amines is 1. The minimum absolute atomic E-state index is 0.0593. The van der Waals surface area contributed by atoms with Crippen LogP contribution in [0.1, 0.15) is 35.6 Å². The van der Waals surface area contributed by atoms with Crippen LogP contribution in [0.5, 0.6) is 5.75 Å². The zero-order valence-electron chi connectivity index (χ0n) is 21.9. The smallest absolute Gasteiger partial charge is 0.490 e. The summed E-state index contributed by atoms with van der Waals surface area (Å²) >= 11 is 6.60. The van der Waals surface area contributed by atoms with E-state index in [1.54, 1.807) is 13.4 Å². The first kappa shape index (κ1) is 33.3. The van der Waals surface area contributed by atoms with E-state index in [0.717, 1.165) is 40.5 Å². The Bertz CT molecular complexity index is 1350. The van der Waals surface area contributed by atoms with Crippen molar-refractivity contribution in [2.24, 2.45) is 0 Å². The van der Waals surface area contributed by atoms with E-state index in [9.17, 15) is 26.3 Å². The summed E-state index contributed by atoms with van der Waals surface area (Å²) in [4.78, 5) is 35.9. The standard InChI is InChI=1S/C19H23ClN6O.2C2HF3O2/c1-10-14(20)5-13(17(27-4)15(10)12-6-26(3)7-12)11(2)25-19-16-18(22-8-21-16)23-9-24-19;2*3-2(4,5)1(6)7/h5,8-9,11-12H,6-7H2,1-4H3,(H2,21,22,23,24,25);2*(H,6,7). The van der Waals surface area contributed by atoms with Gasteiger partial charge in [-0.15, -0.1) is 0 Å². The molecule has 3 aromatic rings. The number of likely N-dealkylation sites (N-methyl/N-ethyl adjacent to an activating group) is 1. The molecule has 1 unspecified atom stereocenters. The Morgan fingerprint density at radius 3 is 2.12 bits per heavy atom. The van der Waals surface area contributed by atoms with Crippen LogP contribution in [0.4, 0.5) is 32.2 Å². The van der Waals surface area contributed by atoms with Crippen LogP contribution in [0.3, 0.4) is 0 Å². The molecule has 11 nitrogen and oxygen atoms in total. The molecule has 226 valence electrons. The molecule has 1 atom stereocenters. The third-order valence-corrected chi connectivity index (χ3v) is 6.15. The number of likely N-dealkylation sites (tertiary alicyclic amines) is 1. The number of benzene rings is 1. The van der Waals surface area contributed by atoms with Crippen LogP contribution >= 0.6 is 11.6 Å². The molecule has 0 aliphatic carbocycles. The van der Waals surface area contributed by atoms with Gasteiger partial charge in [0.1, 0.15) is 17.6 Å². The number of hydrogen-bond acceptors (Lipinski definition) is 8. The number of aliphatic carboxylic acids is 2. The molecular formula is C23H25ClF6N6O5. The first-order chi connectivity index (χ1) is 18.9. The first-order valence-corrected chi connectivity index (χ1v) is 11.8. The molecule has 0 bridgehead atoms. The lowest BCUT2D eigenvalue weighted by molar-refractivity contribution is -0.193. The third kappa shape index (κ3) is 8.56. The van der Waals surface area contributed by atoms with Gasteiger partial charge in [-0.1, -0.05) is 11.6 Å². The number of aromatic nitrogens is 4. The predicted octanol–water partition coefficient (Wildman–Crippen LogP) is 4.79. The summed E-state index contributed by atoms with van der Waals surface area (Å²) in [7, 11) is 3.85. The summed E-state index contributed by atoms with van der Waals surface area (Å²) in [6.45, 7) is 6.17. The molecule has 1 aromatic carbocycles. The fraction of sp³-hybridized carbons (Fsp3) is 0.435. The Labute approximate surface area is 233 Å². The van der Waals surface area contributed by atoms with Gasteiger partial charge in [-0.05, 0) is 32.5 Å². The Hall–Kier alpha value is -3.86. The maximum absolute atomic E-state index is 10.6. The van der Waals surface area contributed by atoms with E-state index in [4.69, 9.17) is 36.1 Å². The van der Waals surface area contributed by atoms with Crippen molar-refractivity contribution in [1.29, 1.82) is 0 Å². The largest absolute Gasteiger partial charge is 0.496 e. The average Bonchev–Trinajstić information content (AvgIpc) is 3.33. The number of H-pyrrole nitrogens is 1. The molecule has 1 aliphatic rings. The topological polar surface area (TPSA) is 154 Å². The van der Waals surface area contributed by atoms with Crippen molar-refractivity contribution in [3.63, 3.8) is 0 Å². The SMILES string of the molecule is COc1c(C(C)Nc2ncnc3nc[nH]c23)cc(Cl)c(C)c1C1CN(C)C1.O=C(O)C(F)(F)F.O=C(O)C(F)(F)F. The van der Waals surface area contributed by atoms with Crippen molar-refractivity contribution in [3.8, 4) is 5.75 Å². The van der Waals surface area contributed by atoms with Crippen molar-refractivity contribution in [1.82, 2.24) is 24.8 Å². The normalized spacial score (nSPS) is 14.6. The van der Waals surface area contributed by atoms with Gasteiger partial charge in [-0.25, -0.2) is 24.5 Å². The zero-order valence-corrected chi connectivity index (χ0v) is 22.6. The zero-order chi connectivity index (χ0) is 31.3. The van der Waals surface area contributed by atoms with Gasteiger partial charge in [0.05, 0.1) is 19.5 Å². The maximum atomic E-state index is 10.6. The van der Waals surface area contributed by atoms with E-state index in [1.165, 1.54) is 11.9 Å². The van der Waals surface area contributed by atoms with Gasteiger partial charge in [0, 0.05) is 35.2 Å². The van der Waals surface area contributed by atoms with Crippen LogP contribution in [0, 0.1) is 6.92 Å². The summed E-state index contributed by atoms with van der Waals surface area (Å²) in [5.74, 6) is -3.47. The molecule has 0 saturated carbocycles. The van der Waals surface area contributed by atoms with Crippen molar-refractivity contribution < 1.29 is 50.9 Å². The molecule has 4 rings (SSSR count). The highest BCUT2D eigenvalue weighted by Gasteiger charge is 2.39. The van der Waals surface area contributed by atoms with E-state index < -0.39 is 24.3 Å². The number of carboxylic acids is 2. The first-order valence-electron chi connectivity index (χ1n) is 11.4. The van der Waals surface area contributed by atoms with Crippen molar-refractivity contribution >= 4 is 40.5 Å². The number of carboxylic acid groups (broad SMARTS) is 2. The summed E-state index contributed by atoms with van der Waals surface area (Å²) in [6, 6.07) is 1.93. The Morgan fingerprint density at radius 2 is 1.66 bits per heavy atom. The van der Waals surface area contributed by atoms with E-state index in [0.29, 0.717) is 17.4 Å². The number of fused-ring (bicyclic) bond motifs is 1. The number of hydrogen-bond donors (Lipinski definition) is 4. The Balaban J connectivity index is 0.000000349. The molecule has 1 fully saturated rings. The van der Waals surface area contributed by atoms with E-state index in [2.05, 4.69) is 51.0 Å². The van der Waals surface area contributed by atoms with E-state index >= 15 is 0 Å². The average molecular weight is 615 g/mol. The molecule has 41 heavy (non-hydrogen) atoms. The molecule has 0 amide bonds. The second-order valence-corrected chi connectivity index (χ2v) is 9.14. The van der Waals surface area contributed by atoms with Crippen LogP contribution in [0.15, 0.2) is 18.7 Å². The van der Waals surface area contributed by atoms with E-state index in [1.807, 2.05) is 6.07 Å². The second-order valence-electron chi connectivity index (χ2n) is 8.73. The van der Waals surface area contributed by atoms with Crippen LogP contribution in [-0.4, -0.2) is 86.6 Å². The molecule has 2 aromatic heterocycles. The van der Waals surface area contributed by atoms with Crippen molar-refractivity contribution in [3.05, 3.63) is 40.4 Å². The number of carbonyl (C=O) groups is 2. The molecule has 1 aliphatic heterocycles. The monoisotopic (exact) mass is 614 g/mol. The number of methoxy groups -OCH3 is 1. The van der Waals surface area contributed by atoms with Crippen molar-refractivity contribution in [2.45, 2.75) is 38.2 Å². The fourth-order valence-electron chi connectivity index (χ4n) is 3.84. The Kier molecular flexibility index (Phi) is 10.7. The number of nitrogens with zero attached hydrogens (tertiary/aromatic N) is 4. The molecule has 3 heterocycles. The second kappa shape index (κ2) is 13.2. The third-order valence-electron chi connectivity index (χ3n) is 5.76. The number of rotatable bonds is 5.